The number of amides is 1. The molecule has 8 heteroatoms. The standard InChI is InChI=1S/C17H29N3O4S/c1-16(2,3)24-15(21)20-17(4,5)10-11-19-13-8-7-9-14(12-13)25(22,23)18-6/h7-9,12,18-19H,10-11H2,1-6H3,(H,20,21). The van der Waals surface area contributed by atoms with Crippen LogP contribution < -0.4 is 15.4 Å². The van der Waals surface area contributed by atoms with Crippen molar-refractivity contribution in [3.05, 3.63) is 24.3 Å². The molecule has 0 heterocycles. The van der Waals surface area contributed by atoms with Gasteiger partial charge in [-0.05, 0) is 66.3 Å². The number of anilines is 1. The zero-order valence-corrected chi connectivity index (χ0v) is 16.6. The Kier molecular flexibility index (Phi) is 6.84. The van der Waals surface area contributed by atoms with E-state index in [1.165, 1.54) is 13.1 Å². The molecule has 0 aliphatic rings. The number of rotatable bonds is 7. The molecule has 0 spiro atoms. The largest absolute Gasteiger partial charge is 0.444 e. The van der Waals surface area contributed by atoms with E-state index in [4.69, 9.17) is 4.74 Å². The van der Waals surface area contributed by atoms with Gasteiger partial charge >= 0.3 is 6.09 Å². The molecule has 0 bridgehead atoms. The predicted molar refractivity (Wildman–Crippen MR) is 99.2 cm³/mol. The highest BCUT2D eigenvalue weighted by Gasteiger charge is 2.24. The third-order valence-corrected chi connectivity index (χ3v) is 4.74. The molecule has 1 amide bonds. The molecule has 0 unspecified atom stereocenters. The number of nitrogens with one attached hydrogen (secondary N) is 3. The minimum absolute atomic E-state index is 0.200. The van der Waals surface area contributed by atoms with Gasteiger partial charge < -0.3 is 15.4 Å². The van der Waals surface area contributed by atoms with Crippen molar-refractivity contribution in [3.63, 3.8) is 0 Å². The van der Waals surface area contributed by atoms with Crippen molar-refractivity contribution >= 4 is 21.8 Å². The molecular formula is C17H29N3O4S. The van der Waals surface area contributed by atoms with Crippen molar-refractivity contribution in [3.8, 4) is 0 Å². The molecule has 1 aromatic carbocycles. The van der Waals surface area contributed by atoms with Crippen LogP contribution >= 0.6 is 0 Å². The molecule has 7 nitrogen and oxygen atoms in total. The first kappa shape index (κ1) is 21.2. The normalized spacial score (nSPS) is 12.6. The molecule has 0 atom stereocenters. The van der Waals surface area contributed by atoms with Crippen molar-refractivity contribution in [2.45, 2.75) is 57.1 Å². The minimum Gasteiger partial charge on any atom is -0.444 e. The fourth-order valence-electron chi connectivity index (χ4n) is 2.05. The van der Waals surface area contributed by atoms with Gasteiger partial charge in [0.2, 0.25) is 10.0 Å². The van der Waals surface area contributed by atoms with Crippen LogP contribution in [0.3, 0.4) is 0 Å². The summed E-state index contributed by atoms with van der Waals surface area (Å²) in [6.07, 6.45) is 0.175. The molecule has 0 saturated heterocycles. The van der Waals surface area contributed by atoms with Crippen LogP contribution in [0.1, 0.15) is 41.0 Å². The fourth-order valence-corrected chi connectivity index (χ4v) is 2.83. The Bertz CT molecular complexity index is 694. The minimum atomic E-state index is -3.47. The van der Waals surface area contributed by atoms with Crippen molar-refractivity contribution in [2.75, 3.05) is 18.9 Å². The van der Waals surface area contributed by atoms with Crippen molar-refractivity contribution in [1.82, 2.24) is 10.0 Å². The fraction of sp³-hybridized carbons (Fsp3) is 0.588. The van der Waals surface area contributed by atoms with Crippen LogP contribution in [0.5, 0.6) is 0 Å². The second-order valence-corrected chi connectivity index (χ2v) is 9.31. The summed E-state index contributed by atoms with van der Waals surface area (Å²) in [5.41, 5.74) is -0.314. The molecule has 0 fully saturated rings. The van der Waals surface area contributed by atoms with Crippen LogP contribution in [0.25, 0.3) is 0 Å². The van der Waals surface area contributed by atoms with E-state index in [2.05, 4.69) is 15.4 Å². The molecule has 142 valence electrons. The van der Waals surface area contributed by atoms with Gasteiger partial charge in [-0.25, -0.2) is 17.9 Å². The summed E-state index contributed by atoms with van der Waals surface area (Å²) in [6.45, 7) is 9.81. The summed E-state index contributed by atoms with van der Waals surface area (Å²) in [7, 11) is -2.10. The summed E-state index contributed by atoms with van der Waals surface area (Å²) in [6, 6.07) is 6.57. The maximum absolute atomic E-state index is 11.9. The predicted octanol–water partition coefficient (Wildman–Crippen LogP) is 2.70. The zero-order chi connectivity index (χ0) is 19.3. The number of hydrogen-bond acceptors (Lipinski definition) is 5. The summed E-state index contributed by atoms with van der Waals surface area (Å²) < 4.78 is 31.2. The SMILES string of the molecule is CNS(=O)(=O)c1cccc(NCCC(C)(C)NC(=O)OC(C)(C)C)c1. The summed E-state index contributed by atoms with van der Waals surface area (Å²) in [4.78, 5) is 12.1. The molecule has 1 rings (SSSR count). The topological polar surface area (TPSA) is 96.5 Å². The number of ether oxygens (including phenoxy) is 1. The van der Waals surface area contributed by atoms with E-state index in [0.29, 0.717) is 18.7 Å². The highest BCUT2D eigenvalue weighted by molar-refractivity contribution is 7.89. The lowest BCUT2D eigenvalue weighted by atomic mass is 10.0. The molecule has 0 saturated carbocycles. The molecule has 0 aliphatic heterocycles. The first-order chi connectivity index (χ1) is 11.3. The van der Waals surface area contributed by atoms with E-state index in [9.17, 15) is 13.2 Å². The van der Waals surface area contributed by atoms with Crippen LogP contribution in [0.4, 0.5) is 10.5 Å². The summed E-state index contributed by atoms with van der Waals surface area (Å²) >= 11 is 0. The summed E-state index contributed by atoms with van der Waals surface area (Å²) in [5.74, 6) is 0. The Morgan fingerprint density at radius 2 is 1.80 bits per heavy atom. The van der Waals surface area contributed by atoms with Gasteiger partial charge in [0, 0.05) is 17.8 Å². The smallest absolute Gasteiger partial charge is 0.408 e. The Hall–Kier alpha value is -1.80. The quantitative estimate of drug-likeness (QED) is 0.685. The van der Waals surface area contributed by atoms with Gasteiger partial charge in [0.1, 0.15) is 5.60 Å². The lowest BCUT2D eigenvalue weighted by molar-refractivity contribution is 0.0470. The van der Waals surface area contributed by atoms with Crippen molar-refractivity contribution < 1.29 is 17.9 Å². The van der Waals surface area contributed by atoms with Gasteiger partial charge in [-0.1, -0.05) is 6.07 Å². The number of hydrogen-bond donors (Lipinski definition) is 3. The van der Waals surface area contributed by atoms with Gasteiger partial charge in [0.25, 0.3) is 0 Å². The molecule has 0 aliphatic carbocycles. The van der Waals surface area contributed by atoms with Crippen LogP contribution in [-0.2, 0) is 14.8 Å². The number of carbonyl (C=O) groups excluding carboxylic acids is 1. The van der Waals surface area contributed by atoms with Crippen LogP contribution in [-0.4, -0.2) is 39.2 Å². The average molecular weight is 372 g/mol. The highest BCUT2D eigenvalue weighted by atomic mass is 32.2. The molecule has 0 radical (unpaired) electrons. The van der Waals surface area contributed by atoms with Gasteiger partial charge in [-0.2, -0.15) is 0 Å². The molecular weight excluding hydrogens is 342 g/mol. The number of sulfonamides is 1. The van der Waals surface area contributed by atoms with E-state index in [0.717, 1.165) is 0 Å². The third kappa shape index (κ3) is 7.74. The van der Waals surface area contributed by atoms with Crippen LogP contribution in [0, 0.1) is 0 Å². The van der Waals surface area contributed by atoms with Crippen LogP contribution in [0.2, 0.25) is 0 Å². The van der Waals surface area contributed by atoms with E-state index in [1.807, 2.05) is 34.6 Å². The van der Waals surface area contributed by atoms with E-state index < -0.39 is 27.3 Å². The van der Waals surface area contributed by atoms with E-state index in [1.54, 1.807) is 18.2 Å². The number of carbonyl (C=O) groups is 1. The Morgan fingerprint density at radius 3 is 2.36 bits per heavy atom. The maximum atomic E-state index is 11.9. The zero-order valence-electron chi connectivity index (χ0n) is 15.8. The molecule has 25 heavy (non-hydrogen) atoms. The second kappa shape index (κ2) is 8.05. The Balaban J connectivity index is 2.59. The van der Waals surface area contributed by atoms with Gasteiger partial charge in [-0.3, -0.25) is 0 Å². The van der Waals surface area contributed by atoms with Crippen molar-refractivity contribution in [2.24, 2.45) is 0 Å². The number of alkyl carbamates (subject to hydrolysis) is 1. The Morgan fingerprint density at radius 1 is 1.16 bits per heavy atom. The molecule has 1 aromatic rings. The second-order valence-electron chi connectivity index (χ2n) is 7.42. The van der Waals surface area contributed by atoms with Crippen molar-refractivity contribution in [1.29, 1.82) is 0 Å². The van der Waals surface area contributed by atoms with Gasteiger partial charge in [-0.15, -0.1) is 0 Å². The maximum Gasteiger partial charge on any atom is 0.408 e. The van der Waals surface area contributed by atoms with Gasteiger partial charge in [0.05, 0.1) is 4.90 Å². The first-order valence-corrected chi connectivity index (χ1v) is 9.62. The van der Waals surface area contributed by atoms with E-state index >= 15 is 0 Å². The lowest BCUT2D eigenvalue weighted by Gasteiger charge is -2.28. The molecule has 0 aromatic heterocycles. The highest BCUT2D eigenvalue weighted by Crippen LogP contribution is 2.17. The average Bonchev–Trinajstić information content (AvgIpc) is 2.44. The monoisotopic (exact) mass is 371 g/mol. The first-order valence-electron chi connectivity index (χ1n) is 8.13. The van der Waals surface area contributed by atoms with Gasteiger partial charge in [0.15, 0.2) is 0 Å². The lowest BCUT2D eigenvalue weighted by Crippen LogP contribution is -2.46. The Labute approximate surface area is 150 Å². The third-order valence-electron chi connectivity index (χ3n) is 3.33. The summed E-state index contributed by atoms with van der Waals surface area (Å²) in [5, 5.41) is 6.01. The number of benzene rings is 1. The van der Waals surface area contributed by atoms with E-state index in [-0.39, 0.29) is 4.90 Å². The van der Waals surface area contributed by atoms with Crippen LogP contribution in [0.15, 0.2) is 29.2 Å². The molecule has 3 N–H and O–H groups in total.